The summed E-state index contributed by atoms with van der Waals surface area (Å²) in [4.78, 5) is 13.2. The smallest absolute Gasteiger partial charge is 0.249 e. The Morgan fingerprint density at radius 2 is 1.83 bits per heavy atom. The van der Waals surface area contributed by atoms with Crippen LogP contribution in [-0.4, -0.2) is 10.5 Å². The molecule has 29 heavy (non-hydrogen) atoms. The summed E-state index contributed by atoms with van der Waals surface area (Å²) in [7, 11) is 0. The van der Waals surface area contributed by atoms with Crippen LogP contribution in [0.5, 0.6) is 0 Å². The number of rotatable bonds is 4. The molecule has 0 radical (unpaired) electrons. The van der Waals surface area contributed by atoms with Gasteiger partial charge in [-0.3, -0.25) is 4.79 Å². The zero-order chi connectivity index (χ0) is 20.0. The monoisotopic (exact) mass is 400 g/mol. The summed E-state index contributed by atoms with van der Waals surface area (Å²) in [6.45, 7) is 0.364. The number of halogens is 1. The van der Waals surface area contributed by atoms with Crippen molar-refractivity contribution >= 4 is 39.0 Å². The third-order valence-electron chi connectivity index (χ3n) is 5.25. The molecule has 142 valence electrons. The molecule has 2 aromatic heterocycles. The van der Waals surface area contributed by atoms with E-state index in [1.807, 2.05) is 35.7 Å². The lowest BCUT2D eigenvalue weighted by Gasteiger charge is -2.09. The minimum Gasteiger partial charge on any atom is -0.366 e. The van der Waals surface area contributed by atoms with Crippen molar-refractivity contribution in [1.29, 1.82) is 0 Å². The number of aromatic nitrogens is 1. The zero-order valence-electron chi connectivity index (χ0n) is 15.4. The Bertz CT molecular complexity index is 1370. The van der Waals surface area contributed by atoms with E-state index in [1.54, 1.807) is 29.5 Å². The lowest BCUT2D eigenvalue weighted by molar-refractivity contribution is 0.100. The second kappa shape index (κ2) is 6.87. The molecule has 0 spiro atoms. The zero-order valence-corrected chi connectivity index (χ0v) is 16.2. The van der Waals surface area contributed by atoms with Gasteiger partial charge in [0.1, 0.15) is 5.82 Å². The van der Waals surface area contributed by atoms with Crippen molar-refractivity contribution in [1.82, 2.24) is 4.57 Å². The fourth-order valence-electron chi connectivity index (χ4n) is 3.91. The van der Waals surface area contributed by atoms with Crippen LogP contribution in [-0.2, 0) is 6.54 Å². The molecule has 0 aliphatic rings. The Labute approximate surface area is 170 Å². The fraction of sp³-hybridized carbons (Fsp3) is 0.0417. The maximum Gasteiger partial charge on any atom is 0.249 e. The van der Waals surface area contributed by atoms with Crippen LogP contribution in [0.15, 0.2) is 78.2 Å². The fourth-order valence-corrected chi connectivity index (χ4v) is 4.64. The molecule has 5 rings (SSSR count). The summed E-state index contributed by atoms with van der Waals surface area (Å²) in [6, 6.07) is 22.6. The van der Waals surface area contributed by atoms with E-state index in [0.29, 0.717) is 17.7 Å². The highest BCUT2D eigenvalue weighted by atomic mass is 32.1. The van der Waals surface area contributed by atoms with Crippen LogP contribution >= 0.6 is 11.3 Å². The largest absolute Gasteiger partial charge is 0.366 e. The van der Waals surface area contributed by atoms with Gasteiger partial charge in [-0.15, -0.1) is 11.3 Å². The first-order valence-corrected chi connectivity index (χ1v) is 10.1. The molecule has 2 N–H and O–H groups in total. The van der Waals surface area contributed by atoms with Crippen LogP contribution in [0.2, 0.25) is 0 Å². The summed E-state index contributed by atoms with van der Waals surface area (Å²) in [5, 5.41) is 3.79. The molecule has 0 saturated heterocycles. The molecule has 0 bridgehead atoms. The Hall–Kier alpha value is -3.44. The Kier molecular flexibility index (Phi) is 4.18. The Balaban J connectivity index is 1.84. The number of fused-ring (bicyclic) bond motifs is 3. The van der Waals surface area contributed by atoms with Crippen LogP contribution in [0, 0.1) is 5.82 Å². The van der Waals surface area contributed by atoms with Crippen LogP contribution < -0.4 is 5.73 Å². The minimum atomic E-state index is -0.470. The van der Waals surface area contributed by atoms with Gasteiger partial charge in [0.05, 0.1) is 17.6 Å². The van der Waals surface area contributed by atoms with E-state index in [9.17, 15) is 9.18 Å². The highest BCUT2D eigenvalue weighted by Gasteiger charge is 2.18. The van der Waals surface area contributed by atoms with Gasteiger partial charge in [-0.2, -0.15) is 0 Å². The van der Waals surface area contributed by atoms with Gasteiger partial charge in [-0.05, 0) is 41.3 Å². The minimum absolute atomic E-state index is 0.247. The first kappa shape index (κ1) is 17.6. The summed E-state index contributed by atoms with van der Waals surface area (Å²) in [5.74, 6) is -0.717. The predicted molar refractivity (Wildman–Crippen MR) is 117 cm³/mol. The summed E-state index contributed by atoms with van der Waals surface area (Å²) >= 11 is 1.67. The van der Waals surface area contributed by atoms with Crippen molar-refractivity contribution in [2.75, 3.05) is 0 Å². The van der Waals surface area contributed by atoms with Gasteiger partial charge in [0, 0.05) is 26.8 Å². The predicted octanol–water partition coefficient (Wildman–Crippen LogP) is 5.81. The van der Waals surface area contributed by atoms with Gasteiger partial charge in [-0.25, -0.2) is 4.39 Å². The van der Waals surface area contributed by atoms with E-state index in [0.717, 1.165) is 32.2 Å². The van der Waals surface area contributed by atoms with Crippen LogP contribution in [0.3, 0.4) is 0 Å². The van der Waals surface area contributed by atoms with Crippen LogP contribution in [0.1, 0.15) is 15.9 Å². The highest BCUT2D eigenvalue weighted by molar-refractivity contribution is 7.13. The number of amides is 1. The lowest BCUT2D eigenvalue weighted by Crippen LogP contribution is -2.11. The molecule has 2 heterocycles. The van der Waals surface area contributed by atoms with E-state index >= 15 is 0 Å². The topological polar surface area (TPSA) is 48.0 Å². The molecule has 3 aromatic carbocycles. The third kappa shape index (κ3) is 2.91. The summed E-state index contributed by atoms with van der Waals surface area (Å²) < 4.78 is 16.5. The number of nitrogens with zero attached hydrogens (tertiary/aromatic N) is 1. The Morgan fingerprint density at radius 1 is 0.966 bits per heavy atom. The third-order valence-corrected chi connectivity index (χ3v) is 6.17. The number of hydrogen-bond acceptors (Lipinski definition) is 2. The van der Waals surface area contributed by atoms with Crippen LogP contribution in [0.4, 0.5) is 4.39 Å². The summed E-state index contributed by atoms with van der Waals surface area (Å²) in [6.07, 6.45) is 0. The molecule has 0 aliphatic heterocycles. The quantitative estimate of drug-likeness (QED) is 0.407. The van der Waals surface area contributed by atoms with Gasteiger partial charge >= 0.3 is 0 Å². The lowest BCUT2D eigenvalue weighted by atomic mass is 10.0. The van der Waals surface area contributed by atoms with Crippen LogP contribution in [0.25, 0.3) is 32.2 Å². The molecule has 0 atom stereocenters. The normalized spacial score (nSPS) is 11.3. The molecular formula is C24H17FN2OS. The van der Waals surface area contributed by atoms with E-state index in [2.05, 4.69) is 22.8 Å². The molecule has 0 unspecified atom stereocenters. The van der Waals surface area contributed by atoms with Crippen molar-refractivity contribution in [2.45, 2.75) is 6.54 Å². The average Bonchev–Trinajstić information content (AvgIpc) is 3.36. The average molecular weight is 400 g/mol. The van der Waals surface area contributed by atoms with Crippen molar-refractivity contribution < 1.29 is 9.18 Å². The Morgan fingerprint density at radius 3 is 2.59 bits per heavy atom. The maximum atomic E-state index is 14.4. The molecule has 0 saturated carbocycles. The van der Waals surface area contributed by atoms with E-state index in [1.165, 1.54) is 6.07 Å². The number of carbonyl (C=O) groups is 1. The molecule has 3 nitrogen and oxygen atoms in total. The van der Waals surface area contributed by atoms with E-state index in [4.69, 9.17) is 5.73 Å². The molecule has 1 amide bonds. The number of hydrogen-bond donors (Lipinski definition) is 1. The van der Waals surface area contributed by atoms with Gasteiger partial charge in [0.25, 0.3) is 0 Å². The number of thiophene rings is 1. The van der Waals surface area contributed by atoms with Gasteiger partial charge in [0.15, 0.2) is 0 Å². The first-order chi connectivity index (χ1) is 14.1. The molecule has 5 aromatic rings. The number of primary amides is 1. The second-order valence-corrected chi connectivity index (χ2v) is 7.90. The highest BCUT2D eigenvalue weighted by Crippen LogP contribution is 2.36. The maximum absolute atomic E-state index is 14.4. The van der Waals surface area contributed by atoms with Crippen molar-refractivity contribution in [3.8, 4) is 10.4 Å². The van der Waals surface area contributed by atoms with Crippen molar-refractivity contribution in [3.05, 3.63) is 95.1 Å². The molecular weight excluding hydrogens is 383 g/mol. The van der Waals surface area contributed by atoms with E-state index < -0.39 is 5.91 Å². The second-order valence-electron chi connectivity index (χ2n) is 6.95. The number of nitrogens with two attached hydrogens (primary N) is 1. The van der Waals surface area contributed by atoms with Crippen molar-refractivity contribution in [2.24, 2.45) is 5.73 Å². The first-order valence-electron chi connectivity index (χ1n) is 9.25. The summed E-state index contributed by atoms with van der Waals surface area (Å²) in [5.41, 5.74) is 9.63. The van der Waals surface area contributed by atoms with Gasteiger partial charge < -0.3 is 10.3 Å². The number of benzene rings is 3. The molecule has 5 heteroatoms. The van der Waals surface area contributed by atoms with E-state index in [-0.39, 0.29) is 5.82 Å². The molecule has 0 aliphatic carbocycles. The van der Waals surface area contributed by atoms with Crippen molar-refractivity contribution in [3.63, 3.8) is 0 Å². The van der Waals surface area contributed by atoms with Gasteiger partial charge in [0.2, 0.25) is 5.91 Å². The SMILES string of the molecule is NC(=O)c1cccc2c1c1ccc(-c3cccs3)cc1n2Cc1ccccc1F. The molecule has 0 fully saturated rings. The van der Waals surface area contributed by atoms with Gasteiger partial charge in [-0.1, -0.05) is 42.5 Å². The standard InChI is InChI=1S/C24H17FN2OS/c25-19-7-2-1-5-16(19)14-27-20-8-3-6-18(24(26)28)23(20)17-11-10-15(13-21(17)27)22-9-4-12-29-22/h1-13H,14H2,(H2,26,28). The number of carbonyl (C=O) groups excluding carboxylic acids is 1.